The van der Waals surface area contributed by atoms with Crippen molar-refractivity contribution in [2.45, 2.75) is 0 Å². The summed E-state index contributed by atoms with van der Waals surface area (Å²) in [5.41, 5.74) is 1.06. The van der Waals surface area contributed by atoms with Crippen molar-refractivity contribution in [2.75, 3.05) is 0 Å². The molecule has 0 spiro atoms. The van der Waals surface area contributed by atoms with Crippen LogP contribution in [0.3, 0.4) is 0 Å². The standard InChI is InChI=1S/C8H6O2/c9-5-7-2-1-3-8(4-7)6-10/h1-6H. The van der Waals surface area contributed by atoms with Crippen LogP contribution in [0.25, 0.3) is 0 Å². The predicted molar refractivity (Wildman–Crippen MR) is 37.2 cm³/mol. The van der Waals surface area contributed by atoms with E-state index in [1.807, 2.05) is 0 Å². The lowest BCUT2D eigenvalue weighted by molar-refractivity contribution is 0.112. The van der Waals surface area contributed by atoms with Gasteiger partial charge < -0.3 is 0 Å². The molecule has 0 aromatic heterocycles. The molecule has 0 unspecified atom stereocenters. The molecule has 0 bridgehead atoms. The Morgan fingerprint density at radius 2 is 1.50 bits per heavy atom. The molecule has 10 heavy (non-hydrogen) atoms. The first kappa shape index (κ1) is 6.68. The molecule has 0 saturated carbocycles. The molecule has 0 aliphatic heterocycles. The second-order valence-corrected chi connectivity index (χ2v) is 1.91. The van der Waals surface area contributed by atoms with E-state index in [9.17, 15) is 9.59 Å². The molecule has 1 rings (SSSR count). The first-order chi connectivity index (χ1) is 4.86. The number of benzene rings is 1. The Labute approximate surface area is 58.5 Å². The van der Waals surface area contributed by atoms with E-state index in [0.717, 1.165) is 0 Å². The molecule has 1 aromatic carbocycles. The van der Waals surface area contributed by atoms with Gasteiger partial charge in [-0.15, -0.1) is 0 Å². The van der Waals surface area contributed by atoms with E-state index in [2.05, 4.69) is 0 Å². The Kier molecular flexibility index (Phi) is 1.95. The molecule has 0 heterocycles. The molecule has 1 aromatic rings. The van der Waals surface area contributed by atoms with E-state index in [1.54, 1.807) is 24.3 Å². The summed E-state index contributed by atoms with van der Waals surface area (Å²) in [6, 6.07) is 6.52. The zero-order chi connectivity index (χ0) is 7.40. The van der Waals surface area contributed by atoms with Crippen molar-refractivity contribution in [3.8, 4) is 0 Å². The van der Waals surface area contributed by atoms with Crippen LogP contribution in [0.2, 0.25) is 0 Å². The molecule has 0 fully saturated rings. The van der Waals surface area contributed by atoms with Crippen LogP contribution in [0, 0.1) is 0 Å². The van der Waals surface area contributed by atoms with Gasteiger partial charge in [0.15, 0.2) is 0 Å². The molecule has 0 saturated heterocycles. The van der Waals surface area contributed by atoms with Crippen LogP contribution in [0.5, 0.6) is 0 Å². The molecule has 0 amide bonds. The van der Waals surface area contributed by atoms with Gasteiger partial charge in [-0.2, -0.15) is 0 Å². The number of hydrogen-bond donors (Lipinski definition) is 0. The minimum Gasteiger partial charge on any atom is -0.298 e. The Morgan fingerprint density at radius 3 is 1.90 bits per heavy atom. The van der Waals surface area contributed by atoms with Crippen molar-refractivity contribution in [3.63, 3.8) is 0 Å². The highest BCUT2D eigenvalue weighted by Crippen LogP contribution is 1.99. The van der Waals surface area contributed by atoms with Gasteiger partial charge in [-0.3, -0.25) is 9.59 Å². The lowest BCUT2D eigenvalue weighted by Crippen LogP contribution is -1.82. The summed E-state index contributed by atoms with van der Waals surface area (Å²) in [5.74, 6) is 0. The van der Waals surface area contributed by atoms with Gasteiger partial charge in [0.2, 0.25) is 0 Å². The van der Waals surface area contributed by atoms with E-state index in [1.165, 1.54) is 0 Å². The van der Waals surface area contributed by atoms with Gasteiger partial charge in [-0.05, 0) is 6.07 Å². The van der Waals surface area contributed by atoms with E-state index >= 15 is 0 Å². The summed E-state index contributed by atoms with van der Waals surface area (Å²) >= 11 is 0. The van der Waals surface area contributed by atoms with E-state index < -0.39 is 0 Å². The third-order valence-corrected chi connectivity index (χ3v) is 1.18. The third kappa shape index (κ3) is 1.29. The Hall–Kier alpha value is -1.44. The largest absolute Gasteiger partial charge is 0.298 e. The fraction of sp³-hybridized carbons (Fsp3) is 0. The Bertz CT molecular complexity index is 230. The molecule has 0 atom stereocenters. The SMILES string of the molecule is O=Cc1cccc(C=O)c1. The average Bonchev–Trinajstić information content (AvgIpc) is 2.05. The summed E-state index contributed by atoms with van der Waals surface area (Å²) < 4.78 is 0. The maximum atomic E-state index is 10.2. The van der Waals surface area contributed by atoms with Crippen molar-refractivity contribution < 1.29 is 9.59 Å². The van der Waals surface area contributed by atoms with Crippen LogP contribution in [0.15, 0.2) is 24.3 Å². The number of rotatable bonds is 2. The lowest BCUT2D eigenvalue weighted by atomic mass is 10.2. The first-order valence-corrected chi connectivity index (χ1v) is 2.87. The summed E-state index contributed by atoms with van der Waals surface area (Å²) in [6.45, 7) is 0. The van der Waals surface area contributed by atoms with Crippen molar-refractivity contribution in [1.82, 2.24) is 0 Å². The molecule has 0 N–H and O–H groups in total. The molecule has 50 valence electrons. The van der Waals surface area contributed by atoms with E-state index in [-0.39, 0.29) is 0 Å². The molecular weight excluding hydrogens is 128 g/mol. The maximum absolute atomic E-state index is 10.2. The van der Waals surface area contributed by atoms with Gasteiger partial charge in [0.05, 0.1) is 0 Å². The highest BCUT2D eigenvalue weighted by molar-refractivity contribution is 5.81. The van der Waals surface area contributed by atoms with Crippen molar-refractivity contribution in [2.24, 2.45) is 0 Å². The first-order valence-electron chi connectivity index (χ1n) is 2.87. The van der Waals surface area contributed by atoms with Gasteiger partial charge in [0, 0.05) is 11.1 Å². The summed E-state index contributed by atoms with van der Waals surface area (Å²) in [4.78, 5) is 20.3. The highest BCUT2D eigenvalue weighted by atomic mass is 16.1. The second kappa shape index (κ2) is 2.92. The molecular formula is C8H6O2. The van der Waals surface area contributed by atoms with E-state index in [0.29, 0.717) is 23.7 Å². The lowest BCUT2D eigenvalue weighted by Gasteiger charge is -1.89. The van der Waals surface area contributed by atoms with Crippen molar-refractivity contribution in [1.29, 1.82) is 0 Å². The number of carbonyl (C=O) groups is 2. The minimum atomic E-state index is 0.532. The van der Waals surface area contributed by atoms with Gasteiger partial charge in [0.25, 0.3) is 0 Å². The van der Waals surface area contributed by atoms with E-state index in [4.69, 9.17) is 0 Å². The molecule has 2 heteroatoms. The van der Waals surface area contributed by atoms with Crippen LogP contribution in [-0.4, -0.2) is 12.6 Å². The summed E-state index contributed by atoms with van der Waals surface area (Å²) in [7, 11) is 0. The summed E-state index contributed by atoms with van der Waals surface area (Å²) in [5, 5.41) is 0. The van der Waals surface area contributed by atoms with Crippen LogP contribution in [0.1, 0.15) is 20.7 Å². The van der Waals surface area contributed by atoms with Crippen molar-refractivity contribution in [3.05, 3.63) is 35.4 Å². The van der Waals surface area contributed by atoms with Gasteiger partial charge in [0.1, 0.15) is 12.6 Å². The average molecular weight is 134 g/mol. The second-order valence-electron chi connectivity index (χ2n) is 1.91. The Morgan fingerprint density at radius 1 is 1.00 bits per heavy atom. The molecule has 0 aliphatic rings. The van der Waals surface area contributed by atoms with Gasteiger partial charge in [-0.1, -0.05) is 18.2 Å². The number of hydrogen-bond acceptors (Lipinski definition) is 2. The van der Waals surface area contributed by atoms with Crippen LogP contribution in [0.4, 0.5) is 0 Å². The number of carbonyl (C=O) groups excluding carboxylic acids is 2. The van der Waals surface area contributed by atoms with Crippen LogP contribution < -0.4 is 0 Å². The zero-order valence-electron chi connectivity index (χ0n) is 5.28. The predicted octanol–water partition coefficient (Wildman–Crippen LogP) is 1.31. The number of aldehydes is 2. The monoisotopic (exact) mass is 134 g/mol. The van der Waals surface area contributed by atoms with Crippen LogP contribution >= 0.6 is 0 Å². The fourth-order valence-electron chi connectivity index (χ4n) is 0.706. The van der Waals surface area contributed by atoms with Crippen molar-refractivity contribution >= 4 is 12.6 Å². The highest BCUT2D eigenvalue weighted by Gasteiger charge is 1.90. The topological polar surface area (TPSA) is 34.1 Å². The summed E-state index contributed by atoms with van der Waals surface area (Å²) in [6.07, 6.45) is 1.43. The van der Waals surface area contributed by atoms with Gasteiger partial charge in [-0.25, -0.2) is 0 Å². The smallest absolute Gasteiger partial charge is 0.150 e. The molecule has 0 aliphatic carbocycles. The Balaban J connectivity index is 3.09. The normalized spacial score (nSPS) is 8.80. The maximum Gasteiger partial charge on any atom is 0.150 e. The minimum absolute atomic E-state index is 0.532. The molecule has 0 radical (unpaired) electrons. The van der Waals surface area contributed by atoms with Gasteiger partial charge >= 0.3 is 0 Å². The molecule has 2 nitrogen and oxygen atoms in total. The zero-order valence-corrected chi connectivity index (χ0v) is 5.28. The third-order valence-electron chi connectivity index (χ3n) is 1.18. The van der Waals surface area contributed by atoms with Crippen LogP contribution in [-0.2, 0) is 0 Å². The quantitative estimate of drug-likeness (QED) is 0.571. The fourth-order valence-corrected chi connectivity index (χ4v) is 0.706.